The summed E-state index contributed by atoms with van der Waals surface area (Å²) in [5.74, 6) is -0.273. The first-order valence-electron chi connectivity index (χ1n) is 8.98. The minimum absolute atomic E-state index is 0.00329. The van der Waals surface area contributed by atoms with E-state index in [-0.39, 0.29) is 11.7 Å². The van der Waals surface area contributed by atoms with E-state index in [1.54, 1.807) is 18.4 Å². The van der Waals surface area contributed by atoms with Crippen molar-refractivity contribution in [2.45, 2.75) is 13.5 Å². The van der Waals surface area contributed by atoms with E-state index in [2.05, 4.69) is 11.8 Å². The molecular weight excluding hydrogens is 333 g/mol. The zero-order chi connectivity index (χ0) is 18.1. The van der Waals surface area contributed by atoms with Gasteiger partial charge >= 0.3 is 0 Å². The van der Waals surface area contributed by atoms with Gasteiger partial charge in [0.25, 0.3) is 5.91 Å². The van der Waals surface area contributed by atoms with Crippen molar-refractivity contribution < 1.29 is 13.6 Å². The summed E-state index contributed by atoms with van der Waals surface area (Å²) in [5.41, 5.74) is 2.93. The van der Waals surface area contributed by atoms with Crippen molar-refractivity contribution in [3.8, 4) is 0 Å². The number of piperazine rings is 1. The molecule has 0 N–H and O–H groups in total. The maximum Gasteiger partial charge on any atom is 0.270 e. The smallest absolute Gasteiger partial charge is 0.270 e. The maximum absolute atomic E-state index is 13.6. The molecule has 3 heterocycles. The number of carbonyl (C=O) groups is 1. The van der Waals surface area contributed by atoms with Gasteiger partial charge in [0.2, 0.25) is 0 Å². The topological polar surface area (TPSA) is 41.6 Å². The van der Waals surface area contributed by atoms with E-state index in [1.807, 2.05) is 21.6 Å². The Labute approximate surface area is 151 Å². The highest BCUT2D eigenvalue weighted by atomic mass is 19.1. The third-order valence-corrected chi connectivity index (χ3v) is 5.08. The number of benzene rings is 1. The van der Waals surface area contributed by atoms with Crippen molar-refractivity contribution >= 4 is 17.0 Å². The van der Waals surface area contributed by atoms with Crippen molar-refractivity contribution in [1.29, 1.82) is 0 Å². The van der Waals surface area contributed by atoms with Crippen LogP contribution in [0.4, 0.5) is 4.39 Å². The zero-order valence-electron chi connectivity index (χ0n) is 14.8. The molecule has 3 aromatic rings. The molecule has 5 nitrogen and oxygen atoms in total. The zero-order valence-corrected chi connectivity index (χ0v) is 14.8. The SMILES string of the molecule is CCN1CCN(C(=O)c2cc3occc3n2Cc2cccc(F)c2)CC1. The van der Waals surface area contributed by atoms with Gasteiger partial charge in [-0.15, -0.1) is 0 Å². The Kier molecular flexibility index (Phi) is 4.51. The summed E-state index contributed by atoms with van der Waals surface area (Å²) >= 11 is 0. The summed E-state index contributed by atoms with van der Waals surface area (Å²) in [6, 6.07) is 10.1. The van der Waals surface area contributed by atoms with Crippen LogP contribution >= 0.6 is 0 Å². The monoisotopic (exact) mass is 355 g/mol. The van der Waals surface area contributed by atoms with Gasteiger partial charge in [-0.1, -0.05) is 19.1 Å². The molecule has 1 aliphatic rings. The molecule has 4 rings (SSSR count). The second kappa shape index (κ2) is 6.96. The van der Waals surface area contributed by atoms with Gasteiger partial charge in [0.05, 0.1) is 11.8 Å². The highest BCUT2D eigenvalue weighted by Crippen LogP contribution is 2.24. The minimum atomic E-state index is -0.276. The van der Waals surface area contributed by atoms with Crippen LogP contribution < -0.4 is 0 Å². The Bertz CT molecular complexity index is 922. The van der Waals surface area contributed by atoms with E-state index in [0.29, 0.717) is 17.8 Å². The standard InChI is InChI=1S/C20H22FN3O2/c1-2-22-7-9-23(10-8-22)20(25)18-13-19-17(6-11-26-19)24(18)14-15-4-3-5-16(21)12-15/h3-6,11-13H,2,7-10,14H2,1H3. The lowest BCUT2D eigenvalue weighted by Gasteiger charge is -2.34. The molecule has 0 spiro atoms. The van der Waals surface area contributed by atoms with Crippen LogP contribution in [0.25, 0.3) is 11.1 Å². The molecule has 1 aliphatic heterocycles. The average molecular weight is 355 g/mol. The van der Waals surface area contributed by atoms with Crippen LogP contribution in [0.3, 0.4) is 0 Å². The number of rotatable bonds is 4. The molecule has 1 fully saturated rings. The average Bonchev–Trinajstić information content (AvgIpc) is 3.24. The molecule has 136 valence electrons. The van der Waals surface area contributed by atoms with E-state index < -0.39 is 0 Å². The van der Waals surface area contributed by atoms with E-state index in [9.17, 15) is 9.18 Å². The number of halogens is 1. The number of likely N-dealkylation sites (N-methyl/N-ethyl adjacent to an activating group) is 1. The highest BCUT2D eigenvalue weighted by molar-refractivity contribution is 5.97. The first-order chi connectivity index (χ1) is 12.7. The number of amides is 1. The molecule has 0 radical (unpaired) electrons. The fourth-order valence-corrected chi connectivity index (χ4v) is 3.57. The number of hydrogen-bond acceptors (Lipinski definition) is 3. The van der Waals surface area contributed by atoms with Crippen LogP contribution in [0, 0.1) is 5.82 Å². The first kappa shape index (κ1) is 16.8. The molecule has 0 bridgehead atoms. The van der Waals surface area contributed by atoms with E-state index in [4.69, 9.17) is 4.42 Å². The number of nitrogens with zero attached hydrogens (tertiary/aromatic N) is 3. The van der Waals surface area contributed by atoms with Crippen molar-refractivity contribution in [3.63, 3.8) is 0 Å². The van der Waals surface area contributed by atoms with Gasteiger partial charge in [-0.3, -0.25) is 4.79 Å². The molecule has 2 aromatic heterocycles. The molecular formula is C20H22FN3O2. The number of aromatic nitrogens is 1. The molecule has 0 saturated carbocycles. The van der Waals surface area contributed by atoms with Gasteiger partial charge in [-0.2, -0.15) is 0 Å². The fourth-order valence-electron chi connectivity index (χ4n) is 3.57. The Balaban J connectivity index is 1.64. The summed E-state index contributed by atoms with van der Waals surface area (Å²) in [5, 5.41) is 0. The summed E-state index contributed by atoms with van der Waals surface area (Å²) in [7, 11) is 0. The van der Waals surface area contributed by atoms with E-state index in [0.717, 1.165) is 43.8 Å². The largest absolute Gasteiger partial charge is 0.463 e. The molecule has 1 aromatic carbocycles. The lowest BCUT2D eigenvalue weighted by atomic mass is 10.2. The molecule has 1 amide bonds. The normalized spacial score (nSPS) is 15.7. The van der Waals surface area contributed by atoms with Gasteiger partial charge in [-0.25, -0.2) is 4.39 Å². The van der Waals surface area contributed by atoms with Crippen molar-refractivity contribution in [1.82, 2.24) is 14.4 Å². The van der Waals surface area contributed by atoms with E-state index >= 15 is 0 Å². The Morgan fingerprint density at radius 1 is 1.15 bits per heavy atom. The number of hydrogen-bond donors (Lipinski definition) is 0. The van der Waals surface area contributed by atoms with Gasteiger partial charge in [0.1, 0.15) is 11.5 Å². The Morgan fingerprint density at radius 2 is 1.96 bits per heavy atom. The summed E-state index contributed by atoms with van der Waals surface area (Å²) < 4.78 is 21.0. The molecule has 0 unspecified atom stereocenters. The van der Waals surface area contributed by atoms with Crippen LogP contribution in [0.15, 0.2) is 47.1 Å². The van der Waals surface area contributed by atoms with Gasteiger partial charge in [0, 0.05) is 44.9 Å². The predicted molar refractivity (Wildman–Crippen MR) is 97.7 cm³/mol. The van der Waals surface area contributed by atoms with Crippen molar-refractivity contribution in [2.24, 2.45) is 0 Å². The van der Waals surface area contributed by atoms with Crippen LogP contribution in [-0.2, 0) is 6.54 Å². The number of carbonyl (C=O) groups excluding carboxylic acids is 1. The molecule has 1 saturated heterocycles. The lowest BCUT2D eigenvalue weighted by molar-refractivity contribution is 0.0633. The molecule has 26 heavy (non-hydrogen) atoms. The Morgan fingerprint density at radius 3 is 2.69 bits per heavy atom. The summed E-state index contributed by atoms with van der Waals surface area (Å²) in [4.78, 5) is 17.3. The van der Waals surface area contributed by atoms with Gasteiger partial charge in [0.15, 0.2) is 5.58 Å². The maximum atomic E-state index is 13.6. The number of fused-ring (bicyclic) bond motifs is 1. The van der Waals surface area contributed by atoms with Gasteiger partial charge in [-0.05, 0) is 24.2 Å². The highest BCUT2D eigenvalue weighted by Gasteiger charge is 2.25. The van der Waals surface area contributed by atoms with Crippen LogP contribution in [0.2, 0.25) is 0 Å². The third-order valence-electron chi connectivity index (χ3n) is 5.08. The van der Waals surface area contributed by atoms with Crippen LogP contribution in [-0.4, -0.2) is 53.0 Å². The second-order valence-electron chi connectivity index (χ2n) is 6.64. The van der Waals surface area contributed by atoms with Crippen molar-refractivity contribution in [2.75, 3.05) is 32.7 Å². The molecule has 0 aliphatic carbocycles. The molecule has 6 heteroatoms. The summed E-state index contributed by atoms with van der Waals surface area (Å²) in [6.45, 7) is 6.79. The Hall–Kier alpha value is -2.60. The fraction of sp³-hybridized carbons (Fsp3) is 0.350. The predicted octanol–water partition coefficient (Wildman–Crippen LogP) is 3.20. The van der Waals surface area contributed by atoms with Crippen molar-refractivity contribution in [3.05, 3.63) is 59.7 Å². The van der Waals surface area contributed by atoms with Crippen LogP contribution in [0.1, 0.15) is 23.0 Å². The summed E-state index contributed by atoms with van der Waals surface area (Å²) in [6.07, 6.45) is 1.61. The first-order valence-corrected chi connectivity index (χ1v) is 8.98. The quantitative estimate of drug-likeness (QED) is 0.722. The second-order valence-corrected chi connectivity index (χ2v) is 6.64. The third kappa shape index (κ3) is 3.12. The molecule has 0 atom stereocenters. The van der Waals surface area contributed by atoms with Gasteiger partial charge < -0.3 is 18.8 Å². The minimum Gasteiger partial charge on any atom is -0.463 e. The lowest BCUT2D eigenvalue weighted by Crippen LogP contribution is -2.48. The van der Waals surface area contributed by atoms with Crippen LogP contribution in [0.5, 0.6) is 0 Å². The number of furan rings is 1. The van der Waals surface area contributed by atoms with E-state index in [1.165, 1.54) is 12.1 Å².